The van der Waals surface area contributed by atoms with Gasteiger partial charge in [-0.25, -0.2) is 4.39 Å². The number of anilines is 1. The molecule has 0 aromatic heterocycles. The van der Waals surface area contributed by atoms with Crippen LogP contribution in [0.5, 0.6) is 5.75 Å². The van der Waals surface area contributed by atoms with Gasteiger partial charge < -0.3 is 15.0 Å². The van der Waals surface area contributed by atoms with Crippen molar-refractivity contribution >= 4 is 11.6 Å². The van der Waals surface area contributed by atoms with E-state index in [0.29, 0.717) is 31.9 Å². The molecule has 0 saturated carbocycles. The van der Waals surface area contributed by atoms with Gasteiger partial charge >= 0.3 is 0 Å². The fourth-order valence-electron chi connectivity index (χ4n) is 4.37. The van der Waals surface area contributed by atoms with Gasteiger partial charge in [-0.15, -0.1) is 0 Å². The van der Waals surface area contributed by atoms with Crippen molar-refractivity contribution in [3.05, 3.63) is 71.1 Å². The average molecular weight is 423 g/mol. The minimum Gasteiger partial charge on any atom is -0.489 e. The number of halogens is 1. The van der Waals surface area contributed by atoms with Crippen LogP contribution in [-0.2, 0) is 11.3 Å². The summed E-state index contributed by atoms with van der Waals surface area (Å²) in [5, 5.41) is 3.08. The standard InChI is InChI=1S/C26H31FN2O2/c1-19-7-9-21(10-8-19)17-29-23(18-31-25-15-22(27)11-12-24(25)29)16-26(30)28-14-13-20-5-3-2-4-6-20/h5,7-12,15,23H,2-4,6,13-14,16-18H2,1H3,(H,28,30). The predicted molar refractivity (Wildman–Crippen MR) is 122 cm³/mol. The Kier molecular flexibility index (Phi) is 6.90. The lowest BCUT2D eigenvalue weighted by Gasteiger charge is -2.38. The van der Waals surface area contributed by atoms with Gasteiger partial charge in [0, 0.05) is 19.2 Å². The molecule has 0 spiro atoms. The monoisotopic (exact) mass is 422 g/mol. The SMILES string of the molecule is Cc1ccc(CN2c3ccc(F)cc3OCC2CC(=O)NCCC2=CCCCC2)cc1. The number of aryl methyl sites for hydroxylation is 1. The maximum absolute atomic E-state index is 13.7. The van der Waals surface area contributed by atoms with E-state index in [9.17, 15) is 9.18 Å². The minimum absolute atomic E-state index is 0.0319. The Morgan fingerprint density at radius 2 is 2.03 bits per heavy atom. The molecule has 2 aromatic carbocycles. The number of carbonyl (C=O) groups excluding carboxylic acids is 1. The maximum Gasteiger partial charge on any atom is 0.222 e. The molecule has 0 radical (unpaired) electrons. The van der Waals surface area contributed by atoms with Gasteiger partial charge in [0.15, 0.2) is 0 Å². The second-order valence-electron chi connectivity index (χ2n) is 8.60. The van der Waals surface area contributed by atoms with Crippen LogP contribution < -0.4 is 15.0 Å². The third-order valence-electron chi connectivity index (χ3n) is 6.15. The lowest BCUT2D eigenvalue weighted by Crippen LogP contribution is -2.45. The van der Waals surface area contributed by atoms with Crippen molar-refractivity contribution in [3.8, 4) is 5.75 Å². The van der Waals surface area contributed by atoms with Crippen molar-refractivity contribution < 1.29 is 13.9 Å². The summed E-state index contributed by atoms with van der Waals surface area (Å²) in [6, 6.07) is 12.9. The largest absolute Gasteiger partial charge is 0.489 e. The van der Waals surface area contributed by atoms with Gasteiger partial charge in [0.2, 0.25) is 5.91 Å². The average Bonchev–Trinajstić information content (AvgIpc) is 2.77. The zero-order valence-corrected chi connectivity index (χ0v) is 18.2. The highest BCUT2D eigenvalue weighted by Gasteiger charge is 2.29. The number of nitrogens with zero attached hydrogens (tertiary/aromatic N) is 1. The number of hydrogen-bond donors (Lipinski definition) is 1. The number of nitrogens with one attached hydrogen (secondary N) is 1. The van der Waals surface area contributed by atoms with E-state index in [2.05, 4.69) is 47.5 Å². The second-order valence-corrected chi connectivity index (χ2v) is 8.60. The molecule has 0 fully saturated rings. The van der Waals surface area contributed by atoms with E-state index in [1.807, 2.05) is 0 Å². The van der Waals surface area contributed by atoms with E-state index < -0.39 is 0 Å². The maximum atomic E-state index is 13.7. The normalized spacial score (nSPS) is 18.1. The lowest BCUT2D eigenvalue weighted by molar-refractivity contribution is -0.121. The summed E-state index contributed by atoms with van der Waals surface area (Å²) >= 11 is 0. The van der Waals surface area contributed by atoms with Crippen LogP contribution in [0.25, 0.3) is 0 Å². The molecule has 1 atom stereocenters. The van der Waals surface area contributed by atoms with Gasteiger partial charge in [-0.3, -0.25) is 4.79 Å². The van der Waals surface area contributed by atoms with E-state index in [4.69, 9.17) is 4.74 Å². The van der Waals surface area contributed by atoms with Gasteiger partial charge in [-0.05, 0) is 56.7 Å². The molecule has 1 amide bonds. The first-order valence-corrected chi connectivity index (χ1v) is 11.3. The zero-order chi connectivity index (χ0) is 21.6. The van der Waals surface area contributed by atoms with Crippen LogP contribution in [0.4, 0.5) is 10.1 Å². The van der Waals surface area contributed by atoms with Crippen LogP contribution in [0.1, 0.15) is 49.7 Å². The summed E-state index contributed by atoms with van der Waals surface area (Å²) in [6.45, 7) is 3.75. The number of fused-ring (bicyclic) bond motifs is 1. The van der Waals surface area contributed by atoms with Gasteiger partial charge in [0.25, 0.3) is 0 Å². The van der Waals surface area contributed by atoms with Gasteiger partial charge in [0.1, 0.15) is 18.2 Å². The number of allylic oxidation sites excluding steroid dienone is 1. The Morgan fingerprint density at radius 3 is 2.81 bits per heavy atom. The van der Waals surface area contributed by atoms with Crippen molar-refractivity contribution in [2.45, 2.75) is 58.0 Å². The molecule has 0 bridgehead atoms. The highest BCUT2D eigenvalue weighted by molar-refractivity contribution is 5.77. The molecule has 1 N–H and O–H groups in total. The Balaban J connectivity index is 1.43. The van der Waals surface area contributed by atoms with E-state index in [0.717, 1.165) is 30.5 Å². The second kappa shape index (κ2) is 9.99. The van der Waals surface area contributed by atoms with Crippen molar-refractivity contribution in [2.75, 3.05) is 18.1 Å². The summed E-state index contributed by atoms with van der Waals surface area (Å²) in [4.78, 5) is 14.9. The Bertz CT molecular complexity index is 939. The molecular formula is C26H31FN2O2. The summed E-state index contributed by atoms with van der Waals surface area (Å²) in [6.07, 6.45) is 8.46. The number of benzene rings is 2. The van der Waals surface area contributed by atoms with Crippen molar-refractivity contribution in [2.24, 2.45) is 0 Å². The topological polar surface area (TPSA) is 41.6 Å². The number of amides is 1. The first kappa shape index (κ1) is 21.4. The molecule has 1 unspecified atom stereocenters. The Morgan fingerprint density at radius 1 is 1.19 bits per heavy atom. The van der Waals surface area contributed by atoms with E-state index in [1.54, 1.807) is 6.07 Å². The highest BCUT2D eigenvalue weighted by atomic mass is 19.1. The number of ether oxygens (including phenoxy) is 1. The summed E-state index contributed by atoms with van der Waals surface area (Å²) < 4.78 is 19.6. The van der Waals surface area contributed by atoms with Crippen LogP contribution in [-0.4, -0.2) is 25.1 Å². The molecule has 0 saturated heterocycles. The summed E-state index contributed by atoms with van der Waals surface area (Å²) in [5.74, 6) is 0.250. The van der Waals surface area contributed by atoms with Crippen LogP contribution in [0.15, 0.2) is 54.1 Å². The zero-order valence-electron chi connectivity index (χ0n) is 18.2. The van der Waals surface area contributed by atoms with Gasteiger partial charge in [-0.2, -0.15) is 0 Å². The molecule has 31 heavy (non-hydrogen) atoms. The van der Waals surface area contributed by atoms with Gasteiger partial charge in [0.05, 0.1) is 18.2 Å². The predicted octanol–water partition coefficient (Wildman–Crippen LogP) is 5.30. The smallest absolute Gasteiger partial charge is 0.222 e. The minimum atomic E-state index is -0.317. The summed E-state index contributed by atoms with van der Waals surface area (Å²) in [5.41, 5.74) is 4.65. The fraction of sp³-hybridized carbons (Fsp3) is 0.423. The van der Waals surface area contributed by atoms with Crippen LogP contribution in [0.3, 0.4) is 0 Å². The summed E-state index contributed by atoms with van der Waals surface area (Å²) in [7, 11) is 0. The number of carbonyl (C=O) groups is 1. The van der Waals surface area contributed by atoms with Crippen LogP contribution >= 0.6 is 0 Å². The molecule has 5 heteroatoms. The lowest BCUT2D eigenvalue weighted by atomic mass is 9.97. The number of rotatable bonds is 7. The quantitative estimate of drug-likeness (QED) is 0.616. The van der Waals surface area contributed by atoms with Crippen LogP contribution in [0, 0.1) is 12.7 Å². The van der Waals surface area contributed by atoms with Crippen molar-refractivity contribution in [1.29, 1.82) is 0 Å². The molecule has 1 aliphatic heterocycles. The van der Waals surface area contributed by atoms with Gasteiger partial charge in [-0.1, -0.05) is 41.5 Å². The Labute approximate surface area is 184 Å². The molecule has 2 aliphatic rings. The van der Waals surface area contributed by atoms with Crippen molar-refractivity contribution in [3.63, 3.8) is 0 Å². The van der Waals surface area contributed by atoms with Crippen molar-refractivity contribution in [1.82, 2.24) is 5.32 Å². The molecule has 4 rings (SSSR count). The molecule has 1 heterocycles. The first-order chi connectivity index (χ1) is 15.1. The first-order valence-electron chi connectivity index (χ1n) is 11.3. The third-order valence-corrected chi connectivity index (χ3v) is 6.15. The number of hydrogen-bond acceptors (Lipinski definition) is 3. The highest BCUT2D eigenvalue weighted by Crippen LogP contribution is 2.36. The molecule has 2 aromatic rings. The third kappa shape index (κ3) is 5.66. The molecule has 1 aliphatic carbocycles. The van der Waals surface area contributed by atoms with Crippen LogP contribution in [0.2, 0.25) is 0 Å². The molecular weight excluding hydrogens is 391 g/mol. The molecule has 164 valence electrons. The fourth-order valence-corrected chi connectivity index (χ4v) is 4.37. The molecule has 4 nitrogen and oxygen atoms in total. The Hall–Kier alpha value is -2.82. The van der Waals surface area contributed by atoms with E-state index in [-0.39, 0.29) is 17.8 Å². The van der Waals surface area contributed by atoms with E-state index in [1.165, 1.54) is 36.1 Å². The van der Waals surface area contributed by atoms with E-state index >= 15 is 0 Å².